The van der Waals surface area contributed by atoms with Crippen molar-refractivity contribution in [1.29, 1.82) is 0 Å². The molecule has 6 aromatic rings. The van der Waals surface area contributed by atoms with Crippen molar-refractivity contribution in [3.63, 3.8) is 0 Å². The van der Waals surface area contributed by atoms with Gasteiger partial charge in [-0.3, -0.25) is 14.6 Å². The van der Waals surface area contributed by atoms with E-state index in [2.05, 4.69) is 33.8 Å². The van der Waals surface area contributed by atoms with Crippen molar-refractivity contribution in [2.75, 3.05) is 4.90 Å². The van der Waals surface area contributed by atoms with Crippen molar-refractivity contribution in [3.05, 3.63) is 127 Å². The Morgan fingerprint density at radius 3 is 2.11 bits per heavy atom. The predicted octanol–water partition coefficient (Wildman–Crippen LogP) is 6.65. The number of fused-ring (bicyclic) bond motifs is 4. The molecule has 3 heterocycles. The SMILES string of the molecule is O=C1c2cccc(-n3c4ccccc4c4c(-c5ccncc5)cccc43)c2C(=O)N1c1ccccc1. The van der Waals surface area contributed by atoms with Crippen LogP contribution in [0.25, 0.3) is 38.6 Å². The second-order valence-electron chi connectivity index (χ2n) is 8.77. The van der Waals surface area contributed by atoms with E-state index in [1.54, 1.807) is 30.6 Å². The van der Waals surface area contributed by atoms with Crippen LogP contribution >= 0.6 is 0 Å². The molecule has 0 fully saturated rings. The zero-order chi connectivity index (χ0) is 24.2. The van der Waals surface area contributed by atoms with Crippen LogP contribution in [0.5, 0.6) is 0 Å². The molecule has 1 aliphatic heterocycles. The number of hydrogen-bond donors (Lipinski definition) is 0. The number of carbonyl (C=O) groups is 2. The fourth-order valence-corrected chi connectivity index (χ4v) is 5.32. The molecule has 0 bridgehead atoms. The van der Waals surface area contributed by atoms with E-state index in [9.17, 15) is 9.59 Å². The highest BCUT2D eigenvalue weighted by Gasteiger charge is 2.39. The van der Waals surface area contributed by atoms with E-state index in [1.165, 1.54) is 4.90 Å². The molecular formula is C31H19N3O2. The molecule has 0 spiro atoms. The number of carbonyl (C=O) groups excluding carboxylic acids is 2. The van der Waals surface area contributed by atoms with Gasteiger partial charge in [0, 0.05) is 23.2 Å². The molecule has 2 amide bonds. The van der Waals surface area contributed by atoms with Crippen LogP contribution < -0.4 is 4.90 Å². The number of benzene rings is 4. The third-order valence-electron chi connectivity index (χ3n) is 6.84. The van der Waals surface area contributed by atoms with Gasteiger partial charge in [0.2, 0.25) is 0 Å². The molecule has 1 aliphatic rings. The zero-order valence-corrected chi connectivity index (χ0v) is 19.1. The number of imide groups is 1. The van der Waals surface area contributed by atoms with Gasteiger partial charge < -0.3 is 4.57 Å². The Hall–Kier alpha value is -5.03. The van der Waals surface area contributed by atoms with E-state index in [1.807, 2.05) is 60.7 Å². The first-order valence-electron chi connectivity index (χ1n) is 11.7. The third kappa shape index (κ3) is 2.80. The van der Waals surface area contributed by atoms with E-state index in [0.717, 1.165) is 32.9 Å². The van der Waals surface area contributed by atoms with Crippen LogP contribution in [0.3, 0.4) is 0 Å². The Labute approximate surface area is 206 Å². The number of aromatic nitrogens is 2. The lowest BCUT2D eigenvalue weighted by atomic mass is 10.0. The highest BCUT2D eigenvalue weighted by atomic mass is 16.2. The van der Waals surface area contributed by atoms with E-state index in [4.69, 9.17) is 0 Å². The molecule has 170 valence electrons. The minimum atomic E-state index is -0.312. The first-order valence-corrected chi connectivity index (χ1v) is 11.7. The van der Waals surface area contributed by atoms with Gasteiger partial charge >= 0.3 is 0 Å². The van der Waals surface area contributed by atoms with Gasteiger partial charge in [0.1, 0.15) is 0 Å². The molecule has 0 saturated carbocycles. The molecule has 0 N–H and O–H groups in total. The normalized spacial score (nSPS) is 13.1. The average Bonchev–Trinajstić information content (AvgIpc) is 3.41. The van der Waals surface area contributed by atoms with Crippen LogP contribution in [0.4, 0.5) is 5.69 Å². The van der Waals surface area contributed by atoms with Gasteiger partial charge in [-0.1, -0.05) is 54.6 Å². The standard InChI is InChI=1S/C31H19N3O2/c35-30-24-12-7-15-27(29(24)31(36)33(30)21-8-2-1-3-9-21)34-25-13-5-4-10-23(25)28-22(11-6-14-26(28)34)20-16-18-32-19-17-20/h1-19H. The molecule has 7 rings (SSSR count). The second-order valence-corrected chi connectivity index (χ2v) is 8.77. The Balaban J connectivity index is 1.54. The van der Waals surface area contributed by atoms with E-state index in [-0.39, 0.29) is 11.8 Å². The van der Waals surface area contributed by atoms with Gasteiger partial charge in [0.15, 0.2) is 0 Å². The first kappa shape index (κ1) is 20.4. The van der Waals surface area contributed by atoms with Crippen LogP contribution in [0.2, 0.25) is 0 Å². The molecule has 4 aromatic carbocycles. The molecule has 0 saturated heterocycles. The van der Waals surface area contributed by atoms with Crippen LogP contribution in [0.1, 0.15) is 20.7 Å². The number of rotatable bonds is 3. The van der Waals surface area contributed by atoms with Crippen LogP contribution in [0.15, 0.2) is 116 Å². The van der Waals surface area contributed by atoms with Gasteiger partial charge in [-0.05, 0) is 59.7 Å². The summed E-state index contributed by atoms with van der Waals surface area (Å²) < 4.78 is 2.11. The van der Waals surface area contributed by atoms with Crippen molar-refractivity contribution in [1.82, 2.24) is 9.55 Å². The molecule has 0 unspecified atom stereocenters. The van der Waals surface area contributed by atoms with E-state index >= 15 is 0 Å². The Kier molecular flexibility index (Phi) is 4.38. The minimum absolute atomic E-state index is 0.304. The van der Waals surface area contributed by atoms with Crippen LogP contribution in [0, 0.1) is 0 Å². The quantitative estimate of drug-likeness (QED) is 0.275. The summed E-state index contributed by atoms with van der Waals surface area (Å²) in [6, 6.07) is 33.0. The zero-order valence-electron chi connectivity index (χ0n) is 19.1. The summed E-state index contributed by atoms with van der Waals surface area (Å²) in [7, 11) is 0. The van der Waals surface area contributed by atoms with Gasteiger partial charge in [0.25, 0.3) is 11.8 Å². The smallest absolute Gasteiger partial charge is 0.268 e. The highest BCUT2D eigenvalue weighted by Crippen LogP contribution is 2.40. The molecule has 0 radical (unpaired) electrons. The lowest BCUT2D eigenvalue weighted by molar-refractivity contribution is 0.0926. The molecule has 5 nitrogen and oxygen atoms in total. The van der Waals surface area contributed by atoms with Crippen molar-refractivity contribution in [2.45, 2.75) is 0 Å². The van der Waals surface area contributed by atoms with Gasteiger partial charge in [-0.2, -0.15) is 0 Å². The summed E-state index contributed by atoms with van der Waals surface area (Å²) in [5.74, 6) is -0.616. The van der Waals surface area contributed by atoms with Crippen molar-refractivity contribution in [3.8, 4) is 16.8 Å². The summed E-state index contributed by atoms with van der Waals surface area (Å²) in [6.45, 7) is 0. The van der Waals surface area contributed by atoms with Crippen LogP contribution in [-0.4, -0.2) is 21.4 Å². The maximum absolute atomic E-state index is 13.8. The van der Waals surface area contributed by atoms with Crippen molar-refractivity contribution >= 4 is 39.3 Å². The molecule has 2 aromatic heterocycles. The number of hydrogen-bond acceptors (Lipinski definition) is 3. The third-order valence-corrected chi connectivity index (χ3v) is 6.84. The Bertz CT molecular complexity index is 1820. The molecule has 0 atom stereocenters. The van der Waals surface area contributed by atoms with Gasteiger partial charge in [0.05, 0.1) is 33.5 Å². The maximum atomic E-state index is 13.8. The van der Waals surface area contributed by atoms with Crippen molar-refractivity contribution in [2.24, 2.45) is 0 Å². The van der Waals surface area contributed by atoms with E-state index < -0.39 is 0 Å². The van der Waals surface area contributed by atoms with Gasteiger partial charge in [-0.15, -0.1) is 0 Å². The van der Waals surface area contributed by atoms with Gasteiger partial charge in [-0.25, -0.2) is 4.90 Å². The number of para-hydroxylation sites is 2. The lowest BCUT2D eigenvalue weighted by Gasteiger charge is -2.14. The number of amides is 2. The molecule has 5 heteroatoms. The van der Waals surface area contributed by atoms with E-state index in [0.29, 0.717) is 22.5 Å². The summed E-state index contributed by atoms with van der Waals surface area (Å²) in [5.41, 5.74) is 6.20. The fraction of sp³-hybridized carbons (Fsp3) is 0. The topological polar surface area (TPSA) is 55.2 Å². The largest absolute Gasteiger partial charge is 0.308 e. The number of pyridine rings is 1. The number of anilines is 1. The fourth-order valence-electron chi connectivity index (χ4n) is 5.32. The van der Waals surface area contributed by atoms with Crippen LogP contribution in [-0.2, 0) is 0 Å². The second kappa shape index (κ2) is 7.75. The molecular weight excluding hydrogens is 446 g/mol. The predicted molar refractivity (Wildman–Crippen MR) is 142 cm³/mol. The summed E-state index contributed by atoms with van der Waals surface area (Å²) in [6.07, 6.45) is 3.58. The first-order chi connectivity index (χ1) is 17.7. The molecule has 0 aliphatic carbocycles. The summed E-state index contributed by atoms with van der Waals surface area (Å²) in [4.78, 5) is 32.6. The minimum Gasteiger partial charge on any atom is -0.308 e. The monoisotopic (exact) mass is 465 g/mol. The number of nitrogens with zero attached hydrogens (tertiary/aromatic N) is 3. The van der Waals surface area contributed by atoms with Crippen molar-refractivity contribution < 1.29 is 9.59 Å². The molecule has 36 heavy (non-hydrogen) atoms. The lowest BCUT2D eigenvalue weighted by Crippen LogP contribution is -2.29. The summed E-state index contributed by atoms with van der Waals surface area (Å²) >= 11 is 0. The maximum Gasteiger partial charge on any atom is 0.268 e. The summed E-state index contributed by atoms with van der Waals surface area (Å²) in [5, 5.41) is 2.17. The highest BCUT2D eigenvalue weighted by molar-refractivity contribution is 6.35. The Morgan fingerprint density at radius 1 is 0.583 bits per heavy atom. The Morgan fingerprint density at radius 2 is 1.28 bits per heavy atom. The average molecular weight is 466 g/mol.